The number of hydrogen-bond acceptors (Lipinski definition) is 3. The van der Waals surface area contributed by atoms with E-state index in [0.29, 0.717) is 12.1 Å². The Hall–Kier alpha value is -1.56. The fourth-order valence-corrected chi connectivity index (χ4v) is 3.66. The van der Waals surface area contributed by atoms with Crippen LogP contribution >= 0.6 is 0 Å². The van der Waals surface area contributed by atoms with Crippen LogP contribution in [0.5, 0.6) is 0 Å². The second kappa shape index (κ2) is 4.97. The topological polar surface area (TPSA) is 75.3 Å². The van der Waals surface area contributed by atoms with Gasteiger partial charge in [-0.1, -0.05) is 12.1 Å². The molecule has 1 saturated heterocycles. The number of rotatable bonds is 2. The first-order chi connectivity index (χ1) is 8.44. The standard InChI is InChI=1S/C12H16N2O3S/c1-9-3-2-4-10(7-9)13-12(15)14-11-5-6-18(16,17)8-11/h2-4,7,11H,5-6,8H2,1H3,(H2,13,14,15)/t11-/m1/s1. The summed E-state index contributed by atoms with van der Waals surface area (Å²) >= 11 is 0. The van der Waals surface area contributed by atoms with Gasteiger partial charge in [0.05, 0.1) is 11.5 Å². The zero-order valence-electron chi connectivity index (χ0n) is 10.1. The van der Waals surface area contributed by atoms with Crippen molar-refractivity contribution in [1.82, 2.24) is 5.32 Å². The van der Waals surface area contributed by atoms with Gasteiger partial charge in [-0.25, -0.2) is 13.2 Å². The summed E-state index contributed by atoms with van der Waals surface area (Å²) in [6.07, 6.45) is 0.490. The van der Waals surface area contributed by atoms with Gasteiger partial charge in [-0.3, -0.25) is 0 Å². The maximum atomic E-state index is 11.7. The predicted molar refractivity (Wildman–Crippen MR) is 70.4 cm³/mol. The first-order valence-electron chi connectivity index (χ1n) is 5.79. The van der Waals surface area contributed by atoms with Crippen LogP contribution in [-0.4, -0.2) is 32.0 Å². The lowest BCUT2D eigenvalue weighted by Crippen LogP contribution is -2.38. The van der Waals surface area contributed by atoms with Gasteiger partial charge in [-0.2, -0.15) is 0 Å². The van der Waals surface area contributed by atoms with Crippen molar-refractivity contribution < 1.29 is 13.2 Å². The molecule has 1 atom stereocenters. The van der Waals surface area contributed by atoms with Crippen LogP contribution in [0.15, 0.2) is 24.3 Å². The van der Waals surface area contributed by atoms with E-state index in [1.807, 2.05) is 25.1 Å². The predicted octanol–water partition coefficient (Wildman–Crippen LogP) is 1.30. The first-order valence-corrected chi connectivity index (χ1v) is 7.61. The minimum atomic E-state index is -2.96. The number of hydrogen-bond donors (Lipinski definition) is 2. The van der Waals surface area contributed by atoms with Gasteiger partial charge in [0, 0.05) is 11.7 Å². The van der Waals surface area contributed by atoms with E-state index in [1.54, 1.807) is 6.07 Å². The van der Waals surface area contributed by atoms with Crippen LogP contribution in [-0.2, 0) is 9.84 Å². The molecule has 0 bridgehead atoms. The molecule has 0 aliphatic carbocycles. The molecule has 2 N–H and O–H groups in total. The average molecular weight is 268 g/mol. The third-order valence-electron chi connectivity index (χ3n) is 2.84. The molecule has 1 aliphatic rings. The molecular formula is C12H16N2O3S. The van der Waals surface area contributed by atoms with E-state index in [-0.39, 0.29) is 23.6 Å². The molecule has 6 heteroatoms. The molecule has 0 unspecified atom stereocenters. The molecule has 2 rings (SSSR count). The smallest absolute Gasteiger partial charge is 0.319 e. The first kappa shape index (κ1) is 12.9. The number of aryl methyl sites for hydroxylation is 1. The van der Waals surface area contributed by atoms with Crippen LogP contribution in [0.1, 0.15) is 12.0 Å². The van der Waals surface area contributed by atoms with Crippen molar-refractivity contribution in [3.8, 4) is 0 Å². The van der Waals surface area contributed by atoms with Gasteiger partial charge in [-0.15, -0.1) is 0 Å². The monoisotopic (exact) mass is 268 g/mol. The molecule has 1 aliphatic heterocycles. The quantitative estimate of drug-likeness (QED) is 0.849. The summed E-state index contributed by atoms with van der Waals surface area (Å²) in [4.78, 5) is 11.7. The molecule has 1 fully saturated rings. The molecule has 0 aromatic heterocycles. The lowest BCUT2D eigenvalue weighted by atomic mass is 10.2. The Labute approximate surface area is 107 Å². The van der Waals surface area contributed by atoms with E-state index in [2.05, 4.69) is 10.6 Å². The van der Waals surface area contributed by atoms with Gasteiger partial charge >= 0.3 is 6.03 Å². The Morgan fingerprint density at radius 2 is 2.17 bits per heavy atom. The summed E-state index contributed by atoms with van der Waals surface area (Å²) in [7, 11) is -2.96. The van der Waals surface area contributed by atoms with Crippen molar-refractivity contribution in [3.63, 3.8) is 0 Å². The van der Waals surface area contributed by atoms with E-state index in [1.165, 1.54) is 0 Å². The fraction of sp³-hybridized carbons (Fsp3) is 0.417. The van der Waals surface area contributed by atoms with Crippen molar-refractivity contribution in [1.29, 1.82) is 0 Å². The Morgan fingerprint density at radius 3 is 2.78 bits per heavy atom. The summed E-state index contributed by atoms with van der Waals surface area (Å²) in [5, 5.41) is 5.37. The normalized spacial score (nSPS) is 21.5. The lowest BCUT2D eigenvalue weighted by molar-refractivity contribution is 0.249. The zero-order chi connectivity index (χ0) is 13.2. The van der Waals surface area contributed by atoms with E-state index < -0.39 is 9.84 Å². The van der Waals surface area contributed by atoms with Gasteiger partial charge in [0.2, 0.25) is 0 Å². The molecule has 2 amide bonds. The van der Waals surface area contributed by atoms with E-state index in [0.717, 1.165) is 5.56 Å². The van der Waals surface area contributed by atoms with Gasteiger partial charge in [0.15, 0.2) is 9.84 Å². The molecule has 0 spiro atoms. The van der Waals surface area contributed by atoms with E-state index >= 15 is 0 Å². The largest absolute Gasteiger partial charge is 0.334 e. The number of carbonyl (C=O) groups excluding carboxylic acids is 1. The van der Waals surface area contributed by atoms with Crippen molar-refractivity contribution in [3.05, 3.63) is 29.8 Å². The Morgan fingerprint density at radius 1 is 1.39 bits per heavy atom. The third kappa shape index (κ3) is 3.46. The van der Waals surface area contributed by atoms with Crippen LogP contribution in [0, 0.1) is 6.92 Å². The molecule has 1 heterocycles. The highest BCUT2D eigenvalue weighted by Crippen LogP contribution is 2.12. The number of nitrogens with one attached hydrogen (secondary N) is 2. The summed E-state index contributed by atoms with van der Waals surface area (Å²) < 4.78 is 22.5. The average Bonchev–Trinajstić information content (AvgIpc) is 2.57. The second-order valence-corrected chi connectivity index (χ2v) is 6.80. The Kier molecular flexibility index (Phi) is 3.56. The molecule has 18 heavy (non-hydrogen) atoms. The number of benzene rings is 1. The minimum absolute atomic E-state index is 0.0359. The second-order valence-electron chi connectivity index (χ2n) is 4.57. The SMILES string of the molecule is Cc1cccc(NC(=O)N[C@@H]2CCS(=O)(=O)C2)c1. The van der Waals surface area contributed by atoms with Gasteiger partial charge in [0.1, 0.15) is 0 Å². The van der Waals surface area contributed by atoms with Crippen LogP contribution in [0.2, 0.25) is 0 Å². The van der Waals surface area contributed by atoms with E-state index in [9.17, 15) is 13.2 Å². The van der Waals surface area contributed by atoms with E-state index in [4.69, 9.17) is 0 Å². The molecule has 98 valence electrons. The maximum Gasteiger partial charge on any atom is 0.319 e. The summed E-state index contributed by atoms with van der Waals surface area (Å²) in [5.41, 5.74) is 1.75. The Balaban J connectivity index is 1.90. The number of amides is 2. The van der Waals surface area contributed by atoms with Crippen LogP contribution in [0.3, 0.4) is 0 Å². The third-order valence-corrected chi connectivity index (χ3v) is 4.61. The van der Waals surface area contributed by atoms with Gasteiger partial charge in [-0.05, 0) is 31.0 Å². The van der Waals surface area contributed by atoms with Crippen molar-refractivity contribution >= 4 is 21.6 Å². The van der Waals surface area contributed by atoms with Crippen molar-refractivity contribution in [2.24, 2.45) is 0 Å². The highest BCUT2D eigenvalue weighted by Gasteiger charge is 2.28. The summed E-state index contributed by atoms with van der Waals surface area (Å²) in [6.45, 7) is 1.94. The molecule has 0 radical (unpaired) electrons. The molecule has 1 aromatic carbocycles. The fourth-order valence-electron chi connectivity index (χ4n) is 1.98. The number of sulfone groups is 1. The number of urea groups is 1. The number of carbonyl (C=O) groups is 1. The van der Waals surface area contributed by atoms with Crippen molar-refractivity contribution in [2.75, 3.05) is 16.8 Å². The lowest BCUT2D eigenvalue weighted by Gasteiger charge is -2.12. The highest BCUT2D eigenvalue weighted by molar-refractivity contribution is 7.91. The summed E-state index contributed by atoms with van der Waals surface area (Å²) in [6, 6.07) is 6.79. The zero-order valence-corrected chi connectivity index (χ0v) is 11.0. The molecule has 0 saturated carbocycles. The molecule has 5 nitrogen and oxygen atoms in total. The van der Waals surface area contributed by atoms with Crippen LogP contribution in [0.4, 0.5) is 10.5 Å². The van der Waals surface area contributed by atoms with Gasteiger partial charge in [0.25, 0.3) is 0 Å². The van der Waals surface area contributed by atoms with Crippen LogP contribution in [0.25, 0.3) is 0 Å². The Bertz CT molecular complexity index is 554. The highest BCUT2D eigenvalue weighted by atomic mass is 32.2. The number of anilines is 1. The molecule has 1 aromatic rings. The van der Waals surface area contributed by atoms with Crippen molar-refractivity contribution in [2.45, 2.75) is 19.4 Å². The summed E-state index contributed by atoms with van der Waals surface area (Å²) in [5.74, 6) is 0.191. The van der Waals surface area contributed by atoms with Gasteiger partial charge < -0.3 is 10.6 Å². The maximum absolute atomic E-state index is 11.7. The molecular weight excluding hydrogens is 252 g/mol. The van der Waals surface area contributed by atoms with Crippen LogP contribution < -0.4 is 10.6 Å². The minimum Gasteiger partial charge on any atom is -0.334 e.